The van der Waals surface area contributed by atoms with Crippen LogP contribution in [0.15, 0.2) is 42.5 Å². The van der Waals surface area contributed by atoms with E-state index in [4.69, 9.17) is 4.98 Å². The Bertz CT molecular complexity index is 975. The van der Waals surface area contributed by atoms with Crippen molar-refractivity contribution in [2.45, 2.75) is 39.5 Å². The molecule has 0 unspecified atom stereocenters. The van der Waals surface area contributed by atoms with E-state index >= 15 is 0 Å². The van der Waals surface area contributed by atoms with Gasteiger partial charge in [0.2, 0.25) is 0 Å². The molecule has 1 aliphatic carbocycles. The summed E-state index contributed by atoms with van der Waals surface area (Å²) in [6.45, 7) is 4.09. The molecule has 1 aromatic heterocycles. The molecule has 0 saturated carbocycles. The van der Waals surface area contributed by atoms with E-state index in [-0.39, 0.29) is 5.91 Å². The zero-order valence-electron chi connectivity index (χ0n) is 14.7. The van der Waals surface area contributed by atoms with Crippen LogP contribution in [0.3, 0.4) is 0 Å². The van der Waals surface area contributed by atoms with Crippen LogP contribution in [0.25, 0.3) is 10.9 Å². The molecule has 4 rings (SSSR count). The Morgan fingerprint density at radius 2 is 1.84 bits per heavy atom. The van der Waals surface area contributed by atoms with Crippen LogP contribution in [-0.4, -0.2) is 10.9 Å². The molecular formula is C22H22N2O. The summed E-state index contributed by atoms with van der Waals surface area (Å²) in [5.41, 5.74) is 7.10. The Morgan fingerprint density at radius 1 is 1.04 bits per heavy atom. The van der Waals surface area contributed by atoms with Crippen LogP contribution in [0.5, 0.6) is 0 Å². The van der Waals surface area contributed by atoms with Gasteiger partial charge in [0.25, 0.3) is 5.91 Å². The minimum atomic E-state index is -0.0243. The lowest BCUT2D eigenvalue weighted by atomic mass is 9.89. The van der Waals surface area contributed by atoms with Gasteiger partial charge in [-0.15, -0.1) is 0 Å². The van der Waals surface area contributed by atoms with E-state index in [0.29, 0.717) is 0 Å². The molecule has 0 saturated heterocycles. The minimum Gasteiger partial charge on any atom is -0.322 e. The molecule has 1 aliphatic rings. The number of aryl methyl sites for hydroxylation is 3. The number of amides is 1. The van der Waals surface area contributed by atoms with Crippen molar-refractivity contribution < 1.29 is 4.79 Å². The van der Waals surface area contributed by atoms with Gasteiger partial charge in [-0.1, -0.05) is 35.9 Å². The molecular weight excluding hydrogens is 308 g/mol. The third-order valence-electron chi connectivity index (χ3n) is 5.03. The number of benzene rings is 2. The fourth-order valence-electron chi connectivity index (χ4n) is 3.77. The molecule has 126 valence electrons. The average molecular weight is 330 g/mol. The smallest absolute Gasteiger partial charge is 0.256 e. The van der Waals surface area contributed by atoms with E-state index in [9.17, 15) is 4.79 Å². The molecule has 0 radical (unpaired) electrons. The Hall–Kier alpha value is -2.68. The molecule has 0 fully saturated rings. The highest BCUT2D eigenvalue weighted by atomic mass is 16.1. The number of nitrogens with one attached hydrogen (secondary N) is 1. The average Bonchev–Trinajstić information content (AvgIpc) is 2.62. The van der Waals surface area contributed by atoms with Gasteiger partial charge in [-0.3, -0.25) is 9.78 Å². The maximum absolute atomic E-state index is 13.2. The maximum Gasteiger partial charge on any atom is 0.256 e. The fourth-order valence-corrected chi connectivity index (χ4v) is 3.77. The Balaban J connectivity index is 1.83. The van der Waals surface area contributed by atoms with Crippen LogP contribution < -0.4 is 5.32 Å². The molecule has 3 nitrogen and oxygen atoms in total. The summed E-state index contributed by atoms with van der Waals surface area (Å²) in [6, 6.07) is 14.1. The van der Waals surface area contributed by atoms with Gasteiger partial charge >= 0.3 is 0 Å². The number of aromatic nitrogens is 1. The van der Waals surface area contributed by atoms with E-state index in [1.807, 2.05) is 43.3 Å². The maximum atomic E-state index is 13.2. The van der Waals surface area contributed by atoms with Gasteiger partial charge in [0.05, 0.1) is 11.1 Å². The molecule has 0 spiro atoms. The van der Waals surface area contributed by atoms with Crippen LogP contribution in [-0.2, 0) is 12.8 Å². The first kappa shape index (κ1) is 15.8. The first-order valence-electron chi connectivity index (χ1n) is 8.92. The zero-order chi connectivity index (χ0) is 17.4. The van der Waals surface area contributed by atoms with Crippen molar-refractivity contribution in [2.75, 3.05) is 5.32 Å². The van der Waals surface area contributed by atoms with Crippen molar-refractivity contribution in [3.8, 4) is 0 Å². The zero-order valence-corrected chi connectivity index (χ0v) is 14.7. The van der Waals surface area contributed by atoms with Crippen molar-refractivity contribution in [1.82, 2.24) is 4.98 Å². The summed E-state index contributed by atoms with van der Waals surface area (Å²) in [4.78, 5) is 18.0. The van der Waals surface area contributed by atoms with Crippen LogP contribution >= 0.6 is 0 Å². The summed E-state index contributed by atoms with van der Waals surface area (Å²) < 4.78 is 0. The molecule has 3 aromatic rings. The fraction of sp³-hybridized carbons (Fsp3) is 0.273. The summed E-state index contributed by atoms with van der Waals surface area (Å²) in [6.07, 6.45) is 4.17. The second kappa shape index (κ2) is 6.32. The number of carbonyl (C=O) groups is 1. The lowest BCUT2D eigenvalue weighted by Crippen LogP contribution is -2.19. The second-order valence-electron chi connectivity index (χ2n) is 6.91. The SMILES string of the molecule is Cc1ccc(NC(=O)c2c3c(nc4ccccc24)CCCC3)c(C)c1. The second-order valence-corrected chi connectivity index (χ2v) is 6.91. The minimum absolute atomic E-state index is 0.0243. The number of para-hydroxylation sites is 1. The highest BCUT2D eigenvalue weighted by Crippen LogP contribution is 2.30. The number of pyridine rings is 1. The van der Waals surface area contributed by atoms with Crippen LogP contribution in [0.4, 0.5) is 5.69 Å². The predicted octanol–water partition coefficient (Wildman–Crippen LogP) is 4.98. The predicted molar refractivity (Wildman–Crippen MR) is 102 cm³/mol. The summed E-state index contributed by atoms with van der Waals surface area (Å²) >= 11 is 0. The molecule has 3 heteroatoms. The standard InChI is InChI=1S/C22H22N2O/c1-14-11-12-18(15(2)13-14)24-22(25)21-16-7-3-5-9-19(16)23-20-10-6-4-8-17(20)21/h3,5,7,9,11-13H,4,6,8,10H2,1-2H3,(H,24,25). The van der Waals surface area contributed by atoms with Crippen molar-refractivity contribution in [2.24, 2.45) is 0 Å². The van der Waals surface area contributed by atoms with Gasteiger partial charge in [0.15, 0.2) is 0 Å². The van der Waals surface area contributed by atoms with Crippen molar-refractivity contribution in [3.63, 3.8) is 0 Å². The molecule has 0 atom stereocenters. The number of carbonyl (C=O) groups excluding carboxylic acids is 1. The number of nitrogens with zero attached hydrogens (tertiary/aromatic N) is 1. The number of hydrogen-bond acceptors (Lipinski definition) is 2. The Kier molecular flexibility index (Phi) is 4.00. The first-order valence-corrected chi connectivity index (χ1v) is 8.92. The monoisotopic (exact) mass is 330 g/mol. The van der Waals surface area contributed by atoms with Gasteiger partial charge < -0.3 is 5.32 Å². The highest BCUT2D eigenvalue weighted by Gasteiger charge is 2.22. The lowest BCUT2D eigenvalue weighted by Gasteiger charge is -2.20. The van der Waals surface area contributed by atoms with Gasteiger partial charge in [-0.2, -0.15) is 0 Å². The number of anilines is 1. The number of fused-ring (bicyclic) bond motifs is 2. The Morgan fingerprint density at radius 3 is 2.68 bits per heavy atom. The van der Waals surface area contributed by atoms with E-state index in [0.717, 1.165) is 64.7 Å². The van der Waals surface area contributed by atoms with E-state index in [1.54, 1.807) is 0 Å². The lowest BCUT2D eigenvalue weighted by molar-refractivity contribution is 0.102. The quantitative estimate of drug-likeness (QED) is 0.720. The first-order chi connectivity index (χ1) is 12.1. The van der Waals surface area contributed by atoms with Gasteiger partial charge in [-0.25, -0.2) is 0 Å². The highest BCUT2D eigenvalue weighted by molar-refractivity contribution is 6.13. The summed E-state index contributed by atoms with van der Waals surface area (Å²) in [7, 11) is 0. The topological polar surface area (TPSA) is 42.0 Å². The Labute approximate surface area is 148 Å². The largest absolute Gasteiger partial charge is 0.322 e. The number of hydrogen-bond donors (Lipinski definition) is 1. The summed E-state index contributed by atoms with van der Waals surface area (Å²) in [5, 5.41) is 4.08. The molecule has 2 aromatic carbocycles. The molecule has 0 bridgehead atoms. The summed E-state index contributed by atoms with van der Waals surface area (Å²) in [5.74, 6) is -0.0243. The van der Waals surface area contributed by atoms with Crippen LogP contribution in [0.2, 0.25) is 0 Å². The van der Waals surface area contributed by atoms with Crippen molar-refractivity contribution >= 4 is 22.5 Å². The number of rotatable bonds is 2. The van der Waals surface area contributed by atoms with Gasteiger partial charge in [-0.05, 0) is 62.8 Å². The molecule has 1 amide bonds. The molecule has 0 aliphatic heterocycles. The normalized spacial score (nSPS) is 13.5. The third kappa shape index (κ3) is 2.91. The van der Waals surface area contributed by atoms with Crippen molar-refractivity contribution in [1.29, 1.82) is 0 Å². The van der Waals surface area contributed by atoms with Crippen LogP contribution in [0, 0.1) is 13.8 Å². The molecule has 25 heavy (non-hydrogen) atoms. The van der Waals surface area contributed by atoms with E-state index in [2.05, 4.69) is 18.3 Å². The molecule has 1 heterocycles. The van der Waals surface area contributed by atoms with Gasteiger partial charge in [0.1, 0.15) is 0 Å². The van der Waals surface area contributed by atoms with Crippen molar-refractivity contribution in [3.05, 3.63) is 70.4 Å². The third-order valence-corrected chi connectivity index (χ3v) is 5.03. The van der Waals surface area contributed by atoms with Gasteiger partial charge in [0, 0.05) is 16.8 Å². The molecule has 1 N–H and O–H groups in total. The van der Waals surface area contributed by atoms with Crippen LogP contribution in [0.1, 0.15) is 45.6 Å². The van der Waals surface area contributed by atoms with E-state index in [1.165, 1.54) is 5.56 Å². The van der Waals surface area contributed by atoms with E-state index < -0.39 is 0 Å².